The van der Waals surface area contributed by atoms with Crippen molar-refractivity contribution < 1.29 is 19.4 Å². The van der Waals surface area contributed by atoms with Crippen molar-refractivity contribution in [1.29, 1.82) is 0 Å². The molecule has 116 valence electrons. The van der Waals surface area contributed by atoms with Crippen molar-refractivity contribution in [1.82, 2.24) is 9.47 Å². The quantitative estimate of drug-likeness (QED) is 0.873. The number of ketones is 1. The van der Waals surface area contributed by atoms with Crippen LogP contribution >= 0.6 is 11.3 Å². The number of amides is 1. The Morgan fingerprint density at radius 3 is 2.57 bits per heavy atom. The van der Waals surface area contributed by atoms with E-state index in [1.54, 1.807) is 20.8 Å². The number of carbonyl (C=O) groups excluding carboxylic acids is 2. The highest BCUT2D eigenvalue weighted by Crippen LogP contribution is 2.23. The van der Waals surface area contributed by atoms with Gasteiger partial charge >= 0.3 is 11.0 Å². The Morgan fingerprint density at radius 2 is 2.00 bits per heavy atom. The molecule has 0 aromatic carbocycles. The molecule has 1 aromatic rings. The van der Waals surface area contributed by atoms with E-state index in [9.17, 15) is 14.4 Å². The lowest BCUT2D eigenvalue weighted by Crippen LogP contribution is -2.43. The Kier molecular flexibility index (Phi) is 4.20. The Morgan fingerprint density at radius 1 is 1.33 bits per heavy atom. The normalized spacial score (nSPS) is 15.0. The van der Waals surface area contributed by atoms with Gasteiger partial charge in [0.1, 0.15) is 5.60 Å². The molecule has 0 atom stereocenters. The van der Waals surface area contributed by atoms with Crippen LogP contribution in [0.5, 0.6) is 0 Å². The third-order valence-electron chi connectivity index (χ3n) is 2.90. The fourth-order valence-electron chi connectivity index (χ4n) is 2.07. The lowest BCUT2D eigenvalue weighted by atomic mass is 10.1. The highest BCUT2D eigenvalue weighted by atomic mass is 32.1. The monoisotopic (exact) mass is 314 g/mol. The van der Waals surface area contributed by atoms with Gasteiger partial charge in [-0.1, -0.05) is 11.3 Å². The molecular formula is C13H18N2O5S. The highest BCUT2D eigenvalue weighted by Gasteiger charge is 2.33. The highest BCUT2D eigenvalue weighted by molar-refractivity contribution is 7.11. The summed E-state index contributed by atoms with van der Waals surface area (Å²) in [6.45, 7) is 5.18. The van der Waals surface area contributed by atoms with E-state index in [1.165, 1.54) is 9.47 Å². The minimum absolute atomic E-state index is 0.0962. The zero-order chi connectivity index (χ0) is 15.8. The third-order valence-corrected chi connectivity index (χ3v) is 3.96. The summed E-state index contributed by atoms with van der Waals surface area (Å²) in [6, 6.07) is 0. The van der Waals surface area contributed by atoms with Crippen molar-refractivity contribution in [3.63, 3.8) is 0 Å². The maximum atomic E-state index is 12.1. The largest absolute Gasteiger partial charge is 0.444 e. The van der Waals surface area contributed by atoms with Gasteiger partial charge in [-0.05, 0) is 20.8 Å². The zero-order valence-corrected chi connectivity index (χ0v) is 13.0. The molecule has 0 fully saturated rings. The van der Waals surface area contributed by atoms with Gasteiger partial charge in [0.05, 0.1) is 30.3 Å². The van der Waals surface area contributed by atoms with Crippen LogP contribution in [0.15, 0.2) is 4.79 Å². The van der Waals surface area contributed by atoms with Gasteiger partial charge < -0.3 is 9.84 Å². The molecule has 7 nitrogen and oxygen atoms in total. The van der Waals surface area contributed by atoms with Crippen molar-refractivity contribution in [3.8, 4) is 0 Å². The van der Waals surface area contributed by atoms with Gasteiger partial charge in [-0.15, -0.1) is 0 Å². The molecule has 0 saturated carbocycles. The zero-order valence-electron chi connectivity index (χ0n) is 12.2. The first-order valence-corrected chi connectivity index (χ1v) is 7.39. The SMILES string of the molecule is CC(C)(C)OC(=O)N1CC(=O)c2sc(=O)n(CCO)c2C1. The van der Waals surface area contributed by atoms with Gasteiger partial charge in [0, 0.05) is 6.54 Å². The number of fused-ring (bicyclic) bond motifs is 1. The third kappa shape index (κ3) is 3.33. The molecule has 21 heavy (non-hydrogen) atoms. The second-order valence-corrected chi connectivity index (χ2v) is 6.74. The van der Waals surface area contributed by atoms with Crippen molar-refractivity contribution >= 4 is 23.2 Å². The predicted octanol–water partition coefficient (Wildman–Crippen LogP) is 0.835. The summed E-state index contributed by atoms with van der Waals surface area (Å²) in [4.78, 5) is 37.3. The molecule has 2 rings (SSSR count). The van der Waals surface area contributed by atoms with E-state index in [0.717, 1.165) is 11.3 Å². The Hall–Kier alpha value is -1.67. The number of hydrogen-bond acceptors (Lipinski definition) is 6. The fourth-order valence-corrected chi connectivity index (χ4v) is 3.03. The molecule has 1 N–H and O–H groups in total. The van der Waals surface area contributed by atoms with Gasteiger partial charge in [-0.2, -0.15) is 0 Å². The summed E-state index contributed by atoms with van der Waals surface area (Å²) in [7, 11) is 0. The summed E-state index contributed by atoms with van der Waals surface area (Å²) in [5.74, 6) is -0.277. The molecule has 8 heteroatoms. The number of ether oxygens (including phenoxy) is 1. The molecule has 1 aliphatic heterocycles. The summed E-state index contributed by atoms with van der Waals surface area (Å²) in [6.07, 6.45) is -0.587. The maximum Gasteiger partial charge on any atom is 0.411 e. The number of carbonyl (C=O) groups is 2. The maximum absolute atomic E-state index is 12.1. The number of nitrogens with zero attached hydrogens (tertiary/aromatic N) is 2. The lowest BCUT2D eigenvalue weighted by Gasteiger charge is -2.29. The second-order valence-electron chi connectivity index (χ2n) is 5.78. The molecule has 1 amide bonds. The number of aliphatic hydroxyl groups is 1. The van der Waals surface area contributed by atoms with Crippen LogP contribution in [0.25, 0.3) is 0 Å². The van der Waals surface area contributed by atoms with Crippen LogP contribution in [0.1, 0.15) is 36.1 Å². The average Bonchev–Trinajstić information content (AvgIpc) is 2.66. The first-order chi connectivity index (χ1) is 9.73. The predicted molar refractivity (Wildman–Crippen MR) is 76.6 cm³/mol. The molecule has 0 bridgehead atoms. The molecule has 0 spiro atoms. The van der Waals surface area contributed by atoms with E-state index in [-0.39, 0.29) is 36.9 Å². The molecule has 1 aromatic heterocycles. The van der Waals surface area contributed by atoms with Crippen LogP contribution in [-0.4, -0.2) is 45.2 Å². The number of rotatable bonds is 2. The molecule has 2 heterocycles. The van der Waals surface area contributed by atoms with Crippen LogP contribution < -0.4 is 4.87 Å². The van der Waals surface area contributed by atoms with Crippen LogP contribution in [0.3, 0.4) is 0 Å². The Labute approximate surface area is 125 Å². The number of aliphatic hydroxyl groups excluding tert-OH is 1. The first kappa shape index (κ1) is 15.7. The van der Waals surface area contributed by atoms with Crippen molar-refractivity contribution in [2.45, 2.75) is 39.5 Å². The molecule has 0 radical (unpaired) electrons. The van der Waals surface area contributed by atoms with Crippen LogP contribution in [-0.2, 0) is 17.8 Å². The van der Waals surface area contributed by atoms with Gasteiger partial charge in [0.2, 0.25) is 0 Å². The smallest absolute Gasteiger partial charge is 0.411 e. The molecule has 0 saturated heterocycles. The van der Waals surface area contributed by atoms with E-state index >= 15 is 0 Å². The molecule has 0 aliphatic carbocycles. The number of aromatic nitrogens is 1. The van der Waals surface area contributed by atoms with E-state index < -0.39 is 11.7 Å². The minimum Gasteiger partial charge on any atom is -0.444 e. The Bertz CT molecular complexity index is 625. The van der Waals surface area contributed by atoms with Crippen LogP contribution in [0, 0.1) is 0 Å². The summed E-state index contributed by atoms with van der Waals surface area (Å²) in [5.41, 5.74) is -0.180. The molecular weight excluding hydrogens is 296 g/mol. The van der Waals surface area contributed by atoms with E-state index in [4.69, 9.17) is 9.84 Å². The van der Waals surface area contributed by atoms with Gasteiger partial charge in [-0.3, -0.25) is 19.1 Å². The van der Waals surface area contributed by atoms with Crippen molar-refractivity contribution in [2.24, 2.45) is 0 Å². The van der Waals surface area contributed by atoms with Crippen LogP contribution in [0.4, 0.5) is 4.79 Å². The topological polar surface area (TPSA) is 88.8 Å². The van der Waals surface area contributed by atoms with Crippen LogP contribution in [0.2, 0.25) is 0 Å². The number of thiazole rings is 1. The van der Waals surface area contributed by atoms with E-state index in [2.05, 4.69) is 0 Å². The van der Waals surface area contributed by atoms with E-state index in [0.29, 0.717) is 10.6 Å². The summed E-state index contributed by atoms with van der Waals surface area (Å²) < 4.78 is 6.59. The van der Waals surface area contributed by atoms with E-state index in [1.807, 2.05) is 0 Å². The number of Topliss-reactive ketones (excluding diaryl/α,β-unsaturated/α-hetero) is 1. The van der Waals surface area contributed by atoms with Gasteiger partial charge in [0.15, 0.2) is 5.78 Å². The standard InChI is InChI=1S/C13H18N2O5S/c1-13(2,3)20-11(18)14-6-8-10(9(17)7-14)21-12(19)15(8)4-5-16/h16H,4-7H2,1-3H3. The van der Waals surface area contributed by atoms with Crippen molar-refractivity contribution in [2.75, 3.05) is 13.2 Å². The van der Waals surface area contributed by atoms with Gasteiger partial charge in [0.25, 0.3) is 0 Å². The fraction of sp³-hybridized carbons (Fsp3) is 0.615. The molecule has 1 aliphatic rings. The second kappa shape index (κ2) is 5.61. The number of hydrogen-bond donors (Lipinski definition) is 1. The summed E-state index contributed by atoms with van der Waals surface area (Å²) in [5, 5.41) is 9.01. The molecule has 0 unspecified atom stereocenters. The lowest BCUT2D eigenvalue weighted by molar-refractivity contribution is 0.0216. The Balaban J connectivity index is 2.29. The average molecular weight is 314 g/mol. The van der Waals surface area contributed by atoms with Gasteiger partial charge in [-0.25, -0.2) is 4.79 Å². The summed E-state index contributed by atoms with van der Waals surface area (Å²) >= 11 is 0.860. The van der Waals surface area contributed by atoms with Crippen molar-refractivity contribution in [3.05, 3.63) is 20.2 Å². The first-order valence-electron chi connectivity index (χ1n) is 6.57. The minimum atomic E-state index is -0.653.